The van der Waals surface area contributed by atoms with Gasteiger partial charge in [0, 0.05) is 43.3 Å². The molecule has 1 aromatic heterocycles. The van der Waals surface area contributed by atoms with Crippen molar-refractivity contribution in [3.63, 3.8) is 0 Å². The standard InChI is InChI=1S/C18H24N2O3/c1-3-23-18(21)12-17-15(13-20-8-10-22-11-9-20)14-6-4-5-7-16(14)19(17)2/h4-7H,3,8-13H2,1-2H3. The molecular formula is C18H24N2O3. The third-order valence-electron chi connectivity index (χ3n) is 4.45. The molecule has 0 atom stereocenters. The third kappa shape index (κ3) is 3.41. The van der Waals surface area contributed by atoms with Crippen LogP contribution in [0.25, 0.3) is 10.9 Å². The van der Waals surface area contributed by atoms with Crippen molar-refractivity contribution in [2.24, 2.45) is 7.05 Å². The number of para-hydroxylation sites is 1. The first kappa shape index (κ1) is 16.0. The van der Waals surface area contributed by atoms with Crippen molar-refractivity contribution in [2.45, 2.75) is 19.9 Å². The van der Waals surface area contributed by atoms with Crippen molar-refractivity contribution in [2.75, 3.05) is 32.9 Å². The molecule has 0 aliphatic carbocycles. The van der Waals surface area contributed by atoms with Crippen molar-refractivity contribution in [3.8, 4) is 0 Å². The van der Waals surface area contributed by atoms with Crippen LogP contribution in [0.1, 0.15) is 18.2 Å². The van der Waals surface area contributed by atoms with E-state index in [1.165, 1.54) is 10.9 Å². The number of carbonyl (C=O) groups is 1. The minimum Gasteiger partial charge on any atom is -0.466 e. The predicted molar refractivity (Wildman–Crippen MR) is 89.4 cm³/mol. The van der Waals surface area contributed by atoms with E-state index in [4.69, 9.17) is 9.47 Å². The maximum atomic E-state index is 12.0. The van der Waals surface area contributed by atoms with Crippen LogP contribution in [0, 0.1) is 0 Å². The normalized spacial score (nSPS) is 15.9. The molecule has 1 fully saturated rings. The van der Waals surface area contributed by atoms with Crippen LogP contribution >= 0.6 is 0 Å². The van der Waals surface area contributed by atoms with Gasteiger partial charge in [0.1, 0.15) is 0 Å². The summed E-state index contributed by atoms with van der Waals surface area (Å²) in [6.07, 6.45) is 0.318. The van der Waals surface area contributed by atoms with Gasteiger partial charge in [-0.1, -0.05) is 18.2 Å². The summed E-state index contributed by atoms with van der Waals surface area (Å²) in [6.45, 7) is 6.52. The summed E-state index contributed by atoms with van der Waals surface area (Å²) in [5.74, 6) is -0.165. The van der Waals surface area contributed by atoms with Gasteiger partial charge in [-0.3, -0.25) is 9.69 Å². The van der Waals surface area contributed by atoms with E-state index in [9.17, 15) is 4.79 Å². The van der Waals surface area contributed by atoms with E-state index in [-0.39, 0.29) is 5.97 Å². The lowest BCUT2D eigenvalue weighted by Crippen LogP contribution is -2.36. The molecule has 0 spiro atoms. The highest BCUT2D eigenvalue weighted by atomic mass is 16.5. The van der Waals surface area contributed by atoms with E-state index in [1.807, 2.05) is 20.0 Å². The molecule has 0 amide bonds. The number of benzene rings is 1. The molecule has 5 nitrogen and oxygen atoms in total. The van der Waals surface area contributed by atoms with Gasteiger partial charge in [0.2, 0.25) is 0 Å². The number of carbonyl (C=O) groups excluding carboxylic acids is 1. The fourth-order valence-corrected chi connectivity index (χ4v) is 3.26. The zero-order valence-electron chi connectivity index (χ0n) is 13.9. The Hall–Kier alpha value is -1.85. The second kappa shape index (κ2) is 7.15. The Kier molecular flexibility index (Phi) is 4.98. The molecule has 1 saturated heterocycles. The van der Waals surface area contributed by atoms with Crippen LogP contribution in [0.4, 0.5) is 0 Å². The first-order chi connectivity index (χ1) is 11.2. The predicted octanol–water partition coefficient (Wildman–Crippen LogP) is 2.12. The fourth-order valence-electron chi connectivity index (χ4n) is 3.26. The van der Waals surface area contributed by atoms with E-state index in [2.05, 4.69) is 27.7 Å². The first-order valence-corrected chi connectivity index (χ1v) is 8.21. The third-order valence-corrected chi connectivity index (χ3v) is 4.45. The van der Waals surface area contributed by atoms with Crippen molar-refractivity contribution in [1.29, 1.82) is 0 Å². The van der Waals surface area contributed by atoms with Gasteiger partial charge < -0.3 is 14.0 Å². The number of ether oxygens (including phenoxy) is 2. The maximum absolute atomic E-state index is 12.0. The highest BCUT2D eigenvalue weighted by molar-refractivity contribution is 5.87. The molecule has 2 aromatic rings. The highest BCUT2D eigenvalue weighted by Crippen LogP contribution is 2.27. The topological polar surface area (TPSA) is 43.7 Å². The molecule has 1 aromatic carbocycles. The highest BCUT2D eigenvalue weighted by Gasteiger charge is 2.21. The summed E-state index contributed by atoms with van der Waals surface area (Å²) < 4.78 is 12.7. The summed E-state index contributed by atoms with van der Waals surface area (Å²) in [5, 5.41) is 1.22. The molecule has 0 radical (unpaired) electrons. The Morgan fingerprint density at radius 3 is 2.74 bits per heavy atom. The van der Waals surface area contributed by atoms with Crippen LogP contribution in [0.5, 0.6) is 0 Å². The van der Waals surface area contributed by atoms with Crippen LogP contribution in [-0.4, -0.2) is 48.3 Å². The van der Waals surface area contributed by atoms with Gasteiger partial charge in [0.05, 0.1) is 26.2 Å². The van der Waals surface area contributed by atoms with Crippen molar-refractivity contribution in [3.05, 3.63) is 35.5 Å². The number of hydrogen-bond donors (Lipinski definition) is 0. The number of nitrogens with zero attached hydrogens (tertiary/aromatic N) is 2. The van der Waals surface area contributed by atoms with E-state index in [0.717, 1.165) is 44.1 Å². The summed E-state index contributed by atoms with van der Waals surface area (Å²) in [6, 6.07) is 8.33. The molecule has 0 unspecified atom stereocenters. The zero-order valence-corrected chi connectivity index (χ0v) is 13.9. The largest absolute Gasteiger partial charge is 0.466 e. The second-order valence-corrected chi connectivity index (χ2v) is 5.87. The molecule has 23 heavy (non-hydrogen) atoms. The lowest BCUT2D eigenvalue weighted by molar-refractivity contribution is -0.142. The SMILES string of the molecule is CCOC(=O)Cc1c(CN2CCOCC2)c2ccccc2n1C. The summed E-state index contributed by atoms with van der Waals surface area (Å²) in [7, 11) is 2.03. The summed E-state index contributed by atoms with van der Waals surface area (Å²) >= 11 is 0. The molecule has 1 aliphatic heterocycles. The van der Waals surface area contributed by atoms with Gasteiger partial charge in [-0.2, -0.15) is 0 Å². The number of hydrogen-bond acceptors (Lipinski definition) is 4. The lowest BCUT2D eigenvalue weighted by atomic mass is 10.1. The molecule has 5 heteroatoms. The van der Waals surface area contributed by atoms with Crippen LogP contribution < -0.4 is 0 Å². The Labute approximate surface area is 136 Å². The average Bonchev–Trinajstić information content (AvgIpc) is 2.82. The van der Waals surface area contributed by atoms with Crippen LogP contribution in [0.2, 0.25) is 0 Å². The monoisotopic (exact) mass is 316 g/mol. The molecule has 0 saturated carbocycles. The minimum absolute atomic E-state index is 0.165. The van der Waals surface area contributed by atoms with Gasteiger partial charge in [0.25, 0.3) is 0 Å². The lowest BCUT2D eigenvalue weighted by Gasteiger charge is -2.27. The Bertz CT molecular complexity index is 687. The van der Waals surface area contributed by atoms with Crippen LogP contribution in [-0.2, 0) is 34.3 Å². The Morgan fingerprint density at radius 2 is 2.00 bits per heavy atom. The Balaban J connectivity index is 1.96. The molecule has 2 heterocycles. The first-order valence-electron chi connectivity index (χ1n) is 8.21. The van der Waals surface area contributed by atoms with Crippen LogP contribution in [0.15, 0.2) is 24.3 Å². The smallest absolute Gasteiger partial charge is 0.311 e. The second-order valence-electron chi connectivity index (χ2n) is 5.87. The molecule has 0 bridgehead atoms. The van der Waals surface area contributed by atoms with E-state index < -0.39 is 0 Å². The van der Waals surface area contributed by atoms with Gasteiger partial charge in [-0.15, -0.1) is 0 Å². The quantitative estimate of drug-likeness (QED) is 0.793. The fraction of sp³-hybridized carbons (Fsp3) is 0.500. The van der Waals surface area contributed by atoms with Gasteiger partial charge in [-0.05, 0) is 18.6 Å². The number of rotatable bonds is 5. The zero-order chi connectivity index (χ0) is 16.2. The summed E-state index contributed by atoms with van der Waals surface area (Å²) in [4.78, 5) is 14.4. The van der Waals surface area contributed by atoms with E-state index in [1.54, 1.807) is 0 Å². The maximum Gasteiger partial charge on any atom is 0.311 e. The number of esters is 1. The van der Waals surface area contributed by atoms with Gasteiger partial charge in [0.15, 0.2) is 0 Å². The number of morpholine rings is 1. The summed E-state index contributed by atoms with van der Waals surface area (Å²) in [5.41, 5.74) is 3.45. The van der Waals surface area contributed by atoms with Gasteiger partial charge in [-0.25, -0.2) is 0 Å². The molecule has 124 valence electrons. The number of aryl methyl sites for hydroxylation is 1. The van der Waals surface area contributed by atoms with Crippen molar-refractivity contribution < 1.29 is 14.3 Å². The molecular weight excluding hydrogens is 292 g/mol. The molecule has 0 N–H and O–H groups in total. The average molecular weight is 316 g/mol. The number of aromatic nitrogens is 1. The van der Waals surface area contributed by atoms with Crippen molar-refractivity contribution in [1.82, 2.24) is 9.47 Å². The number of fused-ring (bicyclic) bond motifs is 1. The van der Waals surface area contributed by atoms with E-state index >= 15 is 0 Å². The molecule has 3 rings (SSSR count). The van der Waals surface area contributed by atoms with Gasteiger partial charge >= 0.3 is 5.97 Å². The Morgan fingerprint density at radius 1 is 1.26 bits per heavy atom. The molecule has 1 aliphatic rings. The van der Waals surface area contributed by atoms with Crippen molar-refractivity contribution >= 4 is 16.9 Å². The van der Waals surface area contributed by atoms with E-state index in [0.29, 0.717) is 13.0 Å². The van der Waals surface area contributed by atoms with Crippen LogP contribution in [0.3, 0.4) is 0 Å². The minimum atomic E-state index is -0.165.